The molecule has 29 heavy (non-hydrogen) atoms. The van der Waals surface area contributed by atoms with E-state index in [0.717, 1.165) is 35.7 Å². The van der Waals surface area contributed by atoms with Gasteiger partial charge in [-0.1, -0.05) is 59.6 Å². The molecule has 0 aliphatic heterocycles. The monoisotopic (exact) mass is 451 g/mol. The van der Waals surface area contributed by atoms with Crippen LogP contribution in [0.15, 0.2) is 66.7 Å². The highest BCUT2D eigenvalue weighted by atomic mass is 35.5. The Bertz CT molecular complexity index is 901. The van der Waals surface area contributed by atoms with Gasteiger partial charge in [0.25, 0.3) is 0 Å². The number of ether oxygens (including phenoxy) is 2. The van der Waals surface area contributed by atoms with E-state index in [4.69, 9.17) is 32.7 Å². The van der Waals surface area contributed by atoms with Gasteiger partial charge in [0.1, 0.15) is 6.61 Å². The fourth-order valence-electron chi connectivity index (χ4n) is 2.83. The van der Waals surface area contributed by atoms with Crippen LogP contribution in [-0.2, 0) is 19.6 Å². The second-order valence-corrected chi connectivity index (χ2v) is 7.26. The molecular formula is C23H24Cl3NO2. The van der Waals surface area contributed by atoms with E-state index in [2.05, 4.69) is 17.4 Å². The summed E-state index contributed by atoms with van der Waals surface area (Å²) < 4.78 is 11.4. The third kappa shape index (κ3) is 7.13. The lowest BCUT2D eigenvalue weighted by Gasteiger charge is -2.13. The van der Waals surface area contributed by atoms with Crippen molar-refractivity contribution in [3.8, 4) is 11.5 Å². The first-order valence-corrected chi connectivity index (χ1v) is 9.89. The third-order valence-electron chi connectivity index (χ3n) is 4.40. The number of hydrogen-bond donors (Lipinski definition) is 1. The van der Waals surface area contributed by atoms with Gasteiger partial charge in [-0.15, -0.1) is 12.4 Å². The molecule has 154 valence electrons. The van der Waals surface area contributed by atoms with Crippen LogP contribution in [0.3, 0.4) is 0 Å². The Kier molecular flexibility index (Phi) is 9.62. The van der Waals surface area contributed by atoms with Crippen molar-refractivity contribution >= 4 is 35.6 Å². The third-order valence-corrected chi connectivity index (χ3v) is 5.02. The summed E-state index contributed by atoms with van der Waals surface area (Å²) in [6.07, 6.45) is 0.952. The molecule has 3 rings (SSSR count). The zero-order valence-electron chi connectivity index (χ0n) is 16.2. The molecule has 0 heterocycles. The zero-order valence-corrected chi connectivity index (χ0v) is 18.5. The van der Waals surface area contributed by atoms with Crippen molar-refractivity contribution < 1.29 is 9.47 Å². The zero-order chi connectivity index (χ0) is 19.8. The fraction of sp³-hybridized carbons (Fsp3) is 0.217. The van der Waals surface area contributed by atoms with Gasteiger partial charge in [0.15, 0.2) is 11.5 Å². The van der Waals surface area contributed by atoms with Gasteiger partial charge in [-0.25, -0.2) is 0 Å². The first-order valence-electron chi connectivity index (χ1n) is 9.14. The number of halogens is 3. The maximum Gasteiger partial charge on any atom is 0.161 e. The molecule has 0 saturated heterocycles. The van der Waals surface area contributed by atoms with E-state index < -0.39 is 0 Å². The summed E-state index contributed by atoms with van der Waals surface area (Å²) in [5, 5.41) is 4.92. The molecule has 0 atom stereocenters. The summed E-state index contributed by atoms with van der Waals surface area (Å²) in [4.78, 5) is 0. The van der Waals surface area contributed by atoms with Crippen LogP contribution in [0, 0.1) is 0 Å². The van der Waals surface area contributed by atoms with Crippen molar-refractivity contribution in [3.05, 3.63) is 93.5 Å². The Balaban J connectivity index is 0.00000300. The van der Waals surface area contributed by atoms with Crippen molar-refractivity contribution in [1.82, 2.24) is 5.32 Å². The molecule has 3 aromatic carbocycles. The van der Waals surface area contributed by atoms with Crippen molar-refractivity contribution in [1.29, 1.82) is 0 Å². The minimum Gasteiger partial charge on any atom is -0.493 e. The van der Waals surface area contributed by atoms with E-state index in [1.807, 2.05) is 54.6 Å². The quantitative estimate of drug-likeness (QED) is 0.384. The van der Waals surface area contributed by atoms with Gasteiger partial charge in [-0.05, 0) is 54.4 Å². The number of benzene rings is 3. The van der Waals surface area contributed by atoms with E-state index in [1.165, 1.54) is 5.56 Å². The van der Waals surface area contributed by atoms with Crippen LogP contribution in [0.4, 0.5) is 0 Å². The van der Waals surface area contributed by atoms with Gasteiger partial charge in [0, 0.05) is 22.2 Å². The van der Waals surface area contributed by atoms with Gasteiger partial charge < -0.3 is 14.8 Å². The molecule has 0 aromatic heterocycles. The van der Waals surface area contributed by atoms with Gasteiger partial charge in [-0.3, -0.25) is 0 Å². The van der Waals surface area contributed by atoms with Gasteiger partial charge in [0.05, 0.1) is 7.11 Å². The van der Waals surface area contributed by atoms with E-state index in [0.29, 0.717) is 23.1 Å². The molecule has 0 aliphatic carbocycles. The molecule has 0 fully saturated rings. The number of rotatable bonds is 9. The SMILES string of the molecule is COc1cc(CNCCc2ccc(Cl)cc2)ccc1OCc1ccccc1Cl.Cl. The highest BCUT2D eigenvalue weighted by Gasteiger charge is 2.07. The normalized spacial score (nSPS) is 10.3. The van der Waals surface area contributed by atoms with Crippen LogP contribution in [0.5, 0.6) is 11.5 Å². The van der Waals surface area contributed by atoms with Crippen LogP contribution in [0.1, 0.15) is 16.7 Å². The van der Waals surface area contributed by atoms with E-state index in [1.54, 1.807) is 7.11 Å². The summed E-state index contributed by atoms with van der Waals surface area (Å²) in [6.45, 7) is 2.04. The maximum absolute atomic E-state index is 6.19. The predicted octanol–water partition coefficient (Wildman–Crippen LogP) is 6.34. The van der Waals surface area contributed by atoms with Crippen molar-refractivity contribution in [2.45, 2.75) is 19.6 Å². The topological polar surface area (TPSA) is 30.5 Å². The molecule has 6 heteroatoms. The lowest BCUT2D eigenvalue weighted by atomic mass is 10.1. The Morgan fingerprint density at radius 2 is 1.59 bits per heavy atom. The molecular weight excluding hydrogens is 429 g/mol. The van der Waals surface area contributed by atoms with Crippen molar-refractivity contribution in [2.24, 2.45) is 0 Å². The molecule has 0 radical (unpaired) electrons. The molecule has 3 nitrogen and oxygen atoms in total. The fourth-order valence-corrected chi connectivity index (χ4v) is 3.14. The van der Waals surface area contributed by atoms with Crippen LogP contribution in [0.2, 0.25) is 10.0 Å². The summed E-state index contributed by atoms with van der Waals surface area (Å²) in [6, 6.07) is 21.6. The number of nitrogens with one attached hydrogen (secondary N) is 1. The van der Waals surface area contributed by atoms with Gasteiger partial charge in [-0.2, -0.15) is 0 Å². The van der Waals surface area contributed by atoms with Crippen LogP contribution in [0.25, 0.3) is 0 Å². The summed E-state index contributed by atoms with van der Waals surface area (Å²) in [5.41, 5.74) is 3.34. The average Bonchev–Trinajstić information content (AvgIpc) is 2.72. The summed E-state index contributed by atoms with van der Waals surface area (Å²) in [7, 11) is 1.65. The first-order chi connectivity index (χ1) is 13.7. The molecule has 0 aliphatic rings. The number of methoxy groups -OCH3 is 1. The summed E-state index contributed by atoms with van der Waals surface area (Å²) in [5.74, 6) is 1.41. The van der Waals surface area contributed by atoms with E-state index in [9.17, 15) is 0 Å². The second kappa shape index (κ2) is 11.9. The van der Waals surface area contributed by atoms with Crippen LogP contribution in [-0.4, -0.2) is 13.7 Å². The van der Waals surface area contributed by atoms with Gasteiger partial charge >= 0.3 is 0 Å². The minimum absolute atomic E-state index is 0. The maximum atomic E-state index is 6.19. The molecule has 0 spiro atoms. The molecule has 0 amide bonds. The first kappa shape index (κ1) is 23.4. The average molecular weight is 453 g/mol. The second-order valence-electron chi connectivity index (χ2n) is 6.42. The van der Waals surface area contributed by atoms with E-state index >= 15 is 0 Å². The Morgan fingerprint density at radius 1 is 0.862 bits per heavy atom. The molecule has 3 aromatic rings. The summed E-state index contributed by atoms with van der Waals surface area (Å²) >= 11 is 12.1. The smallest absolute Gasteiger partial charge is 0.161 e. The lowest BCUT2D eigenvalue weighted by Crippen LogP contribution is -2.16. The van der Waals surface area contributed by atoms with Crippen LogP contribution >= 0.6 is 35.6 Å². The molecule has 0 bridgehead atoms. The molecule has 1 N–H and O–H groups in total. The van der Waals surface area contributed by atoms with Gasteiger partial charge in [0.2, 0.25) is 0 Å². The van der Waals surface area contributed by atoms with E-state index in [-0.39, 0.29) is 12.4 Å². The van der Waals surface area contributed by atoms with Crippen molar-refractivity contribution in [2.75, 3.05) is 13.7 Å². The Hall–Kier alpha value is -1.91. The Morgan fingerprint density at radius 3 is 2.31 bits per heavy atom. The Labute approximate surface area is 188 Å². The van der Waals surface area contributed by atoms with Crippen molar-refractivity contribution in [3.63, 3.8) is 0 Å². The lowest BCUT2D eigenvalue weighted by molar-refractivity contribution is 0.284. The minimum atomic E-state index is 0. The predicted molar refractivity (Wildman–Crippen MR) is 123 cm³/mol. The van der Waals surface area contributed by atoms with Crippen LogP contribution < -0.4 is 14.8 Å². The standard InChI is InChI=1S/C23H23Cl2NO2.ClH/c1-27-23-14-18(15-26-13-12-17-6-9-20(24)10-7-17)8-11-22(23)28-16-19-4-2-3-5-21(19)25;/h2-11,14,26H,12-13,15-16H2,1H3;1H. The number of hydrogen-bond acceptors (Lipinski definition) is 3. The largest absolute Gasteiger partial charge is 0.493 e. The molecule has 0 saturated carbocycles. The highest BCUT2D eigenvalue weighted by molar-refractivity contribution is 6.31. The highest BCUT2D eigenvalue weighted by Crippen LogP contribution is 2.29. The molecule has 0 unspecified atom stereocenters.